The van der Waals surface area contributed by atoms with E-state index >= 15 is 0 Å². The van der Waals surface area contributed by atoms with Crippen LogP contribution in [-0.4, -0.2) is 32.6 Å². The molecule has 1 amide bonds. The lowest BCUT2D eigenvalue weighted by Crippen LogP contribution is -2.38. The van der Waals surface area contributed by atoms with Gasteiger partial charge in [0.05, 0.1) is 23.3 Å². The molecule has 1 aromatic carbocycles. The van der Waals surface area contributed by atoms with Gasteiger partial charge in [0.2, 0.25) is 11.0 Å². The molecular formula is C26H22BrN7O2S2. The number of benzene rings is 1. The Kier molecular flexibility index (Phi) is 7.60. The smallest absolute Gasteiger partial charge is 0.235 e. The van der Waals surface area contributed by atoms with Gasteiger partial charge in [0.15, 0.2) is 10.1 Å². The number of allylic oxidation sites excluding steroid dienone is 3. The number of pyridine rings is 1. The first-order chi connectivity index (χ1) is 18.4. The Morgan fingerprint density at radius 3 is 2.76 bits per heavy atom. The summed E-state index contributed by atoms with van der Waals surface area (Å²) in [6, 6.07) is 13.6. The summed E-state index contributed by atoms with van der Waals surface area (Å²) >= 11 is 5.81. The van der Waals surface area contributed by atoms with E-state index in [9.17, 15) is 14.9 Å². The molecule has 1 aliphatic carbocycles. The normalized spacial score (nSPS) is 17.3. The molecule has 5 rings (SSSR count). The lowest BCUT2D eigenvalue weighted by Gasteiger charge is -2.38. The topological polar surface area (TPSA) is 138 Å². The molecule has 2 aromatic heterocycles. The fourth-order valence-electron chi connectivity index (χ4n) is 4.50. The minimum Gasteiger partial charge on any atom is -0.384 e. The predicted molar refractivity (Wildman–Crippen MR) is 150 cm³/mol. The molecule has 0 bridgehead atoms. The van der Waals surface area contributed by atoms with Gasteiger partial charge in [0, 0.05) is 28.4 Å². The number of Topliss-reactive ketones (excluding diaryl/α,β-unsaturated/α-hetero) is 1. The van der Waals surface area contributed by atoms with Gasteiger partial charge in [-0.25, -0.2) is 4.98 Å². The first kappa shape index (κ1) is 26.1. The molecule has 3 heterocycles. The Morgan fingerprint density at radius 1 is 1.26 bits per heavy atom. The third-order valence-corrected chi connectivity index (χ3v) is 8.74. The molecule has 0 fully saturated rings. The van der Waals surface area contributed by atoms with Gasteiger partial charge in [0.1, 0.15) is 11.6 Å². The maximum absolute atomic E-state index is 13.2. The van der Waals surface area contributed by atoms with Crippen LogP contribution in [0.3, 0.4) is 0 Å². The van der Waals surface area contributed by atoms with Crippen LogP contribution in [0.25, 0.3) is 0 Å². The molecule has 0 saturated heterocycles. The first-order valence-corrected chi connectivity index (χ1v) is 14.4. The highest BCUT2D eigenvalue weighted by atomic mass is 79.9. The highest BCUT2D eigenvalue weighted by molar-refractivity contribution is 9.10. The summed E-state index contributed by atoms with van der Waals surface area (Å²) in [5.41, 5.74) is 10.2. The largest absolute Gasteiger partial charge is 0.384 e. The number of thioether (sulfide) groups is 1. The van der Waals surface area contributed by atoms with Crippen molar-refractivity contribution in [1.29, 1.82) is 5.26 Å². The van der Waals surface area contributed by atoms with Crippen molar-refractivity contribution in [2.75, 3.05) is 16.0 Å². The number of aromatic nitrogens is 3. The Balaban J connectivity index is 1.41. The van der Waals surface area contributed by atoms with E-state index < -0.39 is 5.92 Å². The lowest BCUT2D eigenvalue weighted by molar-refractivity contribution is -0.116. The number of nitrogens with zero attached hydrogens (tertiary/aromatic N) is 5. The Labute approximate surface area is 236 Å². The third-order valence-electron chi connectivity index (χ3n) is 6.23. The van der Waals surface area contributed by atoms with Crippen molar-refractivity contribution in [2.45, 2.75) is 36.4 Å². The molecule has 0 radical (unpaired) electrons. The van der Waals surface area contributed by atoms with Crippen LogP contribution in [0, 0.1) is 18.3 Å². The molecule has 3 N–H and O–H groups in total. The zero-order valence-corrected chi connectivity index (χ0v) is 23.5. The second-order valence-electron chi connectivity index (χ2n) is 8.78. The van der Waals surface area contributed by atoms with E-state index in [4.69, 9.17) is 5.73 Å². The van der Waals surface area contributed by atoms with Crippen molar-refractivity contribution in [3.8, 4) is 6.07 Å². The molecule has 1 aliphatic heterocycles. The van der Waals surface area contributed by atoms with E-state index in [0.29, 0.717) is 45.7 Å². The number of aryl methyl sites for hydroxylation is 1. The Hall–Kier alpha value is -3.53. The number of rotatable bonds is 6. The quantitative estimate of drug-likeness (QED) is 0.369. The second-order valence-corrected chi connectivity index (χ2v) is 11.9. The summed E-state index contributed by atoms with van der Waals surface area (Å²) in [5, 5.41) is 21.9. The van der Waals surface area contributed by atoms with Gasteiger partial charge < -0.3 is 11.1 Å². The number of ketones is 1. The number of hydrogen-bond donors (Lipinski definition) is 2. The van der Waals surface area contributed by atoms with E-state index in [2.05, 4.69) is 42.5 Å². The fraction of sp³-hybridized carbons (Fsp3) is 0.231. The van der Waals surface area contributed by atoms with E-state index in [0.717, 1.165) is 21.3 Å². The average Bonchev–Trinajstić information content (AvgIpc) is 3.37. The summed E-state index contributed by atoms with van der Waals surface area (Å²) in [5.74, 6) is 0.0874. The van der Waals surface area contributed by atoms with Crippen molar-refractivity contribution < 1.29 is 9.59 Å². The third kappa shape index (κ3) is 5.22. The number of nitriles is 1. The number of nitrogens with one attached hydrogen (secondary N) is 1. The van der Waals surface area contributed by atoms with Crippen molar-refractivity contribution in [1.82, 2.24) is 15.2 Å². The number of carbonyl (C=O) groups excluding carboxylic acids is 2. The minimum absolute atomic E-state index is 0.0133. The number of amides is 1. The van der Waals surface area contributed by atoms with Crippen molar-refractivity contribution in [2.24, 2.45) is 5.73 Å². The van der Waals surface area contributed by atoms with Crippen molar-refractivity contribution in [3.05, 3.63) is 80.9 Å². The fourth-order valence-corrected chi connectivity index (χ4v) is 6.42. The second kappa shape index (κ2) is 11.1. The van der Waals surface area contributed by atoms with E-state index in [-0.39, 0.29) is 23.3 Å². The molecule has 9 nitrogen and oxygen atoms in total. The van der Waals surface area contributed by atoms with Crippen molar-refractivity contribution >= 4 is 61.7 Å². The van der Waals surface area contributed by atoms with E-state index in [1.54, 1.807) is 23.2 Å². The van der Waals surface area contributed by atoms with E-state index in [1.165, 1.54) is 23.1 Å². The predicted octanol–water partition coefficient (Wildman–Crippen LogP) is 5.04. The highest BCUT2D eigenvalue weighted by Crippen LogP contribution is 2.47. The SMILES string of the molecule is Cc1ccc(C2C(C#N)=C(N)N(c3nnc(SCC(=O)Nc4ccc(Br)cn4)s3)C3=C2C(=O)CCC3)cc1. The van der Waals surface area contributed by atoms with Crippen LogP contribution in [-0.2, 0) is 9.59 Å². The summed E-state index contributed by atoms with van der Waals surface area (Å²) in [4.78, 5) is 31.5. The number of anilines is 2. The summed E-state index contributed by atoms with van der Waals surface area (Å²) in [6.45, 7) is 1.99. The zero-order valence-electron chi connectivity index (χ0n) is 20.3. The zero-order chi connectivity index (χ0) is 26.8. The van der Waals surface area contributed by atoms with Crippen LogP contribution in [0.4, 0.5) is 10.9 Å². The van der Waals surface area contributed by atoms with Gasteiger partial charge in [0.25, 0.3) is 0 Å². The molecule has 3 aromatic rings. The van der Waals surface area contributed by atoms with Crippen LogP contribution in [0.1, 0.15) is 36.3 Å². The molecule has 12 heteroatoms. The molecule has 2 aliphatic rings. The van der Waals surface area contributed by atoms with Gasteiger partial charge in [-0.05, 0) is 53.4 Å². The summed E-state index contributed by atoms with van der Waals surface area (Å²) in [7, 11) is 0. The molecule has 1 unspecified atom stereocenters. The maximum atomic E-state index is 13.2. The minimum atomic E-state index is -0.516. The molecular weight excluding hydrogens is 586 g/mol. The van der Waals surface area contributed by atoms with Crippen LogP contribution in [0.15, 0.2) is 74.1 Å². The number of halogens is 1. The van der Waals surface area contributed by atoms with Gasteiger partial charge in [-0.3, -0.25) is 14.5 Å². The number of carbonyl (C=O) groups is 2. The molecule has 1 atom stereocenters. The highest BCUT2D eigenvalue weighted by Gasteiger charge is 2.41. The van der Waals surface area contributed by atoms with Gasteiger partial charge in [-0.2, -0.15) is 5.26 Å². The van der Waals surface area contributed by atoms with Crippen LogP contribution in [0.2, 0.25) is 0 Å². The molecule has 0 spiro atoms. The molecule has 38 heavy (non-hydrogen) atoms. The summed E-state index contributed by atoms with van der Waals surface area (Å²) < 4.78 is 1.38. The van der Waals surface area contributed by atoms with Crippen LogP contribution < -0.4 is 16.0 Å². The Bertz CT molecular complexity index is 1510. The van der Waals surface area contributed by atoms with Crippen LogP contribution in [0.5, 0.6) is 0 Å². The van der Waals surface area contributed by atoms with Crippen molar-refractivity contribution in [3.63, 3.8) is 0 Å². The summed E-state index contributed by atoms with van der Waals surface area (Å²) in [6.07, 6.45) is 3.35. The van der Waals surface area contributed by atoms with Gasteiger partial charge in [-0.15, -0.1) is 10.2 Å². The van der Waals surface area contributed by atoms with E-state index in [1.807, 2.05) is 31.2 Å². The average molecular weight is 609 g/mol. The van der Waals surface area contributed by atoms with Gasteiger partial charge >= 0.3 is 0 Å². The maximum Gasteiger partial charge on any atom is 0.235 e. The first-order valence-electron chi connectivity index (χ1n) is 11.8. The van der Waals surface area contributed by atoms with Gasteiger partial charge in [-0.1, -0.05) is 52.9 Å². The monoisotopic (exact) mass is 607 g/mol. The Morgan fingerprint density at radius 2 is 2.05 bits per heavy atom. The molecule has 0 saturated carbocycles. The number of nitrogens with two attached hydrogens (primary N) is 1. The molecule has 192 valence electrons. The number of hydrogen-bond acceptors (Lipinski definition) is 10. The lowest BCUT2D eigenvalue weighted by atomic mass is 9.75. The standard InChI is InChI=1S/C26H22BrN7O2S2/c1-14-5-7-15(8-6-14)22-17(11-28)24(29)34(18-3-2-4-19(35)23(18)22)25-32-33-26(38-25)37-13-21(36)31-20-10-9-16(27)12-30-20/h5-10,12,22H,2-4,13,29H2,1H3,(H,30,31,36). The van der Waals surface area contributed by atoms with Crippen LogP contribution >= 0.6 is 39.0 Å².